The average Bonchev–Trinajstić information content (AvgIpc) is 2.81. The van der Waals surface area contributed by atoms with Crippen LogP contribution in [-0.2, 0) is 6.42 Å². The Morgan fingerprint density at radius 1 is 1.26 bits per heavy atom. The Balaban J connectivity index is 1.79. The van der Waals surface area contributed by atoms with Gasteiger partial charge in [-0.2, -0.15) is 12.6 Å². The van der Waals surface area contributed by atoms with Gasteiger partial charge >= 0.3 is 0 Å². The molecular formula is C20H28O2S. The van der Waals surface area contributed by atoms with E-state index in [-0.39, 0.29) is 11.5 Å². The van der Waals surface area contributed by atoms with Crippen molar-refractivity contribution >= 4 is 12.6 Å². The Hall–Kier alpha value is -0.670. The zero-order valence-corrected chi connectivity index (χ0v) is 15.0. The van der Waals surface area contributed by atoms with Crippen LogP contribution in [0.2, 0.25) is 0 Å². The van der Waals surface area contributed by atoms with E-state index in [4.69, 9.17) is 12.6 Å². The van der Waals surface area contributed by atoms with Crippen LogP contribution in [0.5, 0.6) is 5.75 Å². The predicted octanol–water partition coefficient (Wildman–Crippen LogP) is 4.15. The molecule has 3 heteroatoms. The molecule has 7 atom stereocenters. The zero-order valence-electron chi connectivity index (χ0n) is 14.1. The van der Waals surface area contributed by atoms with Gasteiger partial charge in [0.25, 0.3) is 0 Å². The molecule has 0 heterocycles. The molecule has 1 unspecified atom stereocenters. The number of rotatable bonds is 1. The van der Waals surface area contributed by atoms with Crippen molar-refractivity contribution in [1.29, 1.82) is 0 Å². The van der Waals surface area contributed by atoms with Crippen molar-refractivity contribution in [2.24, 2.45) is 23.2 Å². The lowest BCUT2D eigenvalue weighted by atomic mass is 9.52. The first-order valence-corrected chi connectivity index (χ1v) is 9.61. The van der Waals surface area contributed by atoms with Crippen LogP contribution < -0.4 is 0 Å². The minimum atomic E-state index is -0.134. The second-order valence-corrected chi connectivity index (χ2v) is 9.23. The number of thiol groups is 1. The Morgan fingerprint density at radius 3 is 2.78 bits per heavy atom. The highest BCUT2D eigenvalue weighted by Crippen LogP contribution is 2.62. The van der Waals surface area contributed by atoms with Crippen LogP contribution in [0.3, 0.4) is 0 Å². The number of hydrogen-bond acceptors (Lipinski definition) is 3. The van der Waals surface area contributed by atoms with Crippen molar-refractivity contribution < 1.29 is 10.2 Å². The molecule has 1 aromatic carbocycles. The number of fused-ring (bicyclic) bond motifs is 5. The van der Waals surface area contributed by atoms with Gasteiger partial charge in [0, 0.05) is 5.25 Å². The molecule has 0 amide bonds. The van der Waals surface area contributed by atoms with Crippen molar-refractivity contribution in [3.8, 4) is 5.75 Å². The highest BCUT2D eigenvalue weighted by Gasteiger charge is 2.57. The molecule has 1 aromatic rings. The molecular weight excluding hydrogens is 304 g/mol. The number of phenols is 1. The summed E-state index contributed by atoms with van der Waals surface area (Å²) in [4.78, 5) is 0. The van der Waals surface area contributed by atoms with Crippen LogP contribution >= 0.6 is 12.6 Å². The van der Waals surface area contributed by atoms with Gasteiger partial charge in [0.1, 0.15) is 5.75 Å². The number of aliphatic hydroxyl groups is 1. The van der Waals surface area contributed by atoms with Crippen molar-refractivity contribution in [2.45, 2.75) is 63.2 Å². The molecule has 3 aliphatic carbocycles. The van der Waals surface area contributed by atoms with E-state index >= 15 is 0 Å². The highest BCUT2D eigenvalue weighted by atomic mass is 32.1. The van der Waals surface area contributed by atoms with Gasteiger partial charge in [-0.3, -0.25) is 0 Å². The molecule has 0 aromatic heterocycles. The number of aliphatic hydroxyl groups excluding tert-OH is 1. The Bertz CT molecular complexity index is 614. The topological polar surface area (TPSA) is 40.5 Å². The maximum absolute atomic E-state index is 10.6. The van der Waals surface area contributed by atoms with Gasteiger partial charge in [0.15, 0.2) is 0 Å². The number of phenolic OH excluding ortho intramolecular Hbond substituents is 1. The number of benzene rings is 1. The fraction of sp³-hybridized carbons (Fsp3) is 0.700. The first-order chi connectivity index (χ1) is 10.9. The summed E-state index contributed by atoms with van der Waals surface area (Å²) in [5, 5.41) is 20.8. The maximum Gasteiger partial charge on any atom is 0.115 e. The molecule has 0 spiro atoms. The lowest BCUT2D eigenvalue weighted by Gasteiger charge is -2.53. The lowest BCUT2D eigenvalue weighted by Crippen LogP contribution is -2.48. The van der Waals surface area contributed by atoms with Crippen LogP contribution in [0.1, 0.15) is 56.6 Å². The van der Waals surface area contributed by atoms with E-state index in [0.717, 1.165) is 32.1 Å². The third kappa shape index (κ3) is 2.26. The molecule has 0 saturated heterocycles. The third-order valence-corrected chi connectivity index (χ3v) is 7.76. The molecule has 3 aliphatic rings. The van der Waals surface area contributed by atoms with Gasteiger partial charge in [-0.05, 0) is 84.5 Å². The molecule has 4 rings (SSSR count). The summed E-state index contributed by atoms with van der Waals surface area (Å²) < 4.78 is 0. The highest BCUT2D eigenvalue weighted by molar-refractivity contribution is 7.80. The average molecular weight is 333 g/mol. The molecule has 23 heavy (non-hydrogen) atoms. The summed E-state index contributed by atoms with van der Waals surface area (Å²) in [6.45, 7) is 4.54. The number of hydrogen-bond donors (Lipinski definition) is 3. The smallest absolute Gasteiger partial charge is 0.115 e. The molecule has 2 nitrogen and oxygen atoms in total. The molecule has 0 radical (unpaired) electrons. The minimum absolute atomic E-state index is 0.0938. The largest absolute Gasteiger partial charge is 0.508 e. The lowest BCUT2D eigenvalue weighted by molar-refractivity contribution is -0.0378. The van der Waals surface area contributed by atoms with Gasteiger partial charge in [-0.1, -0.05) is 19.9 Å². The van der Waals surface area contributed by atoms with E-state index < -0.39 is 0 Å². The predicted molar refractivity (Wildman–Crippen MR) is 96.1 cm³/mol. The van der Waals surface area contributed by atoms with Gasteiger partial charge in [-0.15, -0.1) is 0 Å². The normalized spacial score (nSPS) is 43.4. The minimum Gasteiger partial charge on any atom is -0.508 e. The summed E-state index contributed by atoms with van der Waals surface area (Å²) in [6.07, 6.45) is 5.27. The quantitative estimate of drug-likeness (QED) is 0.676. The van der Waals surface area contributed by atoms with Gasteiger partial charge in [-0.25, -0.2) is 0 Å². The van der Waals surface area contributed by atoms with Crippen molar-refractivity contribution in [1.82, 2.24) is 0 Å². The second kappa shape index (κ2) is 5.42. The summed E-state index contributed by atoms with van der Waals surface area (Å²) in [5.74, 6) is 2.72. The van der Waals surface area contributed by atoms with Gasteiger partial charge in [0.05, 0.1) is 6.10 Å². The fourth-order valence-corrected chi connectivity index (χ4v) is 6.44. The molecule has 0 aliphatic heterocycles. The monoisotopic (exact) mass is 332 g/mol. The molecule has 2 saturated carbocycles. The summed E-state index contributed by atoms with van der Waals surface area (Å²) in [6, 6.07) is 5.96. The van der Waals surface area contributed by atoms with Crippen molar-refractivity contribution in [3.05, 3.63) is 29.3 Å². The number of aromatic hydroxyl groups is 1. The summed E-state index contributed by atoms with van der Waals surface area (Å²) in [7, 11) is 0. The fourth-order valence-electron chi connectivity index (χ4n) is 6.14. The van der Waals surface area contributed by atoms with Crippen LogP contribution in [0.15, 0.2) is 18.2 Å². The third-order valence-electron chi connectivity index (χ3n) is 7.38. The van der Waals surface area contributed by atoms with E-state index in [1.54, 1.807) is 0 Å². The summed E-state index contributed by atoms with van der Waals surface area (Å²) >= 11 is 4.83. The Morgan fingerprint density at radius 2 is 2.04 bits per heavy atom. The van der Waals surface area contributed by atoms with Gasteiger partial charge in [0.2, 0.25) is 0 Å². The van der Waals surface area contributed by atoms with Crippen LogP contribution in [-0.4, -0.2) is 21.6 Å². The van der Waals surface area contributed by atoms with Crippen molar-refractivity contribution in [3.63, 3.8) is 0 Å². The zero-order chi connectivity index (χ0) is 16.4. The first kappa shape index (κ1) is 15.8. The Kier molecular flexibility index (Phi) is 3.73. The first-order valence-electron chi connectivity index (χ1n) is 9.09. The summed E-state index contributed by atoms with van der Waals surface area (Å²) in [5.41, 5.74) is 2.86. The second-order valence-electron chi connectivity index (χ2n) is 8.42. The van der Waals surface area contributed by atoms with Crippen LogP contribution in [0.4, 0.5) is 0 Å². The van der Waals surface area contributed by atoms with Crippen LogP contribution in [0, 0.1) is 23.2 Å². The standard InChI is InChI=1S/C20H28O2S/c1-11(23)16-10-12-9-13(21)3-4-14(12)15-7-8-20(2)17(19(15)16)5-6-18(20)22/h3-4,9,11,15-19,21-23H,5-8,10H2,1-2H3/t11?,15-,16+,17+,18+,19+,20+/m1/s1. The van der Waals surface area contributed by atoms with E-state index in [0.29, 0.717) is 34.7 Å². The van der Waals surface area contributed by atoms with E-state index in [2.05, 4.69) is 19.9 Å². The molecule has 2 fully saturated rings. The van der Waals surface area contributed by atoms with E-state index in [1.807, 2.05) is 12.1 Å². The van der Waals surface area contributed by atoms with E-state index in [1.165, 1.54) is 11.1 Å². The molecule has 126 valence electrons. The van der Waals surface area contributed by atoms with Crippen LogP contribution in [0.25, 0.3) is 0 Å². The maximum atomic E-state index is 10.6. The SMILES string of the molecule is CC(S)[C@@H]1Cc2cc(O)ccc2[C@H]2CC[C@]3(C)[C@@H](O)CC[C@H]3[C@@H]21. The van der Waals surface area contributed by atoms with Crippen molar-refractivity contribution in [2.75, 3.05) is 0 Å². The Labute approximate surface area is 144 Å². The van der Waals surface area contributed by atoms with E-state index in [9.17, 15) is 10.2 Å². The van der Waals surface area contributed by atoms with Gasteiger partial charge < -0.3 is 10.2 Å². The molecule has 0 bridgehead atoms. The molecule has 2 N–H and O–H groups in total.